The number of rotatable bonds is 2. The van der Waals surface area contributed by atoms with Gasteiger partial charge in [-0.1, -0.05) is 6.92 Å². The van der Waals surface area contributed by atoms with E-state index in [2.05, 4.69) is 5.32 Å². The Morgan fingerprint density at radius 3 is 2.71 bits per heavy atom. The molecular formula is C10H13FN2O. The van der Waals surface area contributed by atoms with Gasteiger partial charge in [0.15, 0.2) is 0 Å². The average Bonchev–Trinajstić information content (AvgIpc) is 2.10. The monoisotopic (exact) mass is 196 g/mol. The molecular weight excluding hydrogens is 183 g/mol. The molecule has 1 rings (SSSR count). The summed E-state index contributed by atoms with van der Waals surface area (Å²) in [5.74, 6) is -0.718. The van der Waals surface area contributed by atoms with Crippen LogP contribution in [0, 0.1) is 5.82 Å². The molecule has 1 aromatic carbocycles. The van der Waals surface area contributed by atoms with E-state index in [-0.39, 0.29) is 11.6 Å². The Hall–Kier alpha value is -1.58. The van der Waals surface area contributed by atoms with Crippen molar-refractivity contribution in [2.45, 2.75) is 20.3 Å². The standard InChI is InChI=1S/C10H13FN2O/c1-3-7-4-8(13-6(2)14)5-9(11)10(7)12/h4-5H,3,12H2,1-2H3,(H,13,14). The minimum absolute atomic E-state index is 0.154. The fourth-order valence-electron chi connectivity index (χ4n) is 1.24. The Kier molecular flexibility index (Phi) is 3.06. The molecule has 1 aromatic rings. The molecule has 3 N–H and O–H groups in total. The molecule has 0 aliphatic heterocycles. The van der Waals surface area contributed by atoms with Crippen molar-refractivity contribution in [3.05, 3.63) is 23.5 Å². The normalized spacial score (nSPS) is 9.93. The maximum absolute atomic E-state index is 13.2. The summed E-state index contributed by atoms with van der Waals surface area (Å²) in [6.45, 7) is 3.25. The van der Waals surface area contributed by atoms with Crippen molar-refractivity contribution in [3.8, 4) is 0 Å². The van der Waals surface area contributed by atoms with Gasteiger partial charge < -0.3 is 11.1 Å². The van der Waals surface area contributed by atoms with Gasteiger partial charge in [0.25, 0.3) is 0 Å². The van der Waals surface area contributed by atoms with Gasteiger partial charge >= 0.3 is 0 Å². The molecule has 14 heavy (non-hydrogen) atoms. The van der Waals surface area contributed by atoms with Gasteiger partial charge in [-0.25, -0.2) is 4.39 Å². The Labute approximate surface area is 82.1 Å². The van der Waals surface area contributed by atoms with Crippen molar-refractivity contribution < 1.29 is 9.18 Å². The molecule has 0 saturated carbocycles. The number of nitrogen functional groups attached to an aromatic ring is 1. The number of hydrogen-bond acceptors (Lipinski definition) is 2. The maximum atomic E-state index is 13.2. The zero-order chi connectivity index (χ0) is 10.7. The van der Waals surface area contributed by atoms with Gasteiger partial charge in [0.05, 0.1) is 5.69 Å². The van der Waals surface area contributed by atoms with Crippen LogP contribution < -0.4 is 11.1 Å². The first kappa shape index (κ1) is 10.5. The lowest BCUT2D eigenvalue weighted by Gasteiger charge is -2.08. The smallest absolute Gasteiger partial charge is 0.221 e. The number of aryl methyl sites for hydroxylation is 1. The van der Waals surface area contributed by atoms with Crippen LogP contribution in [0.3, 0.4) is 0 Å². The van der Waals surface area contributed by atoms with Crippen molar-refractivity contribution in [3.63, 3.8) is 0 Å². The second-order valence-corrected chi connectivity index (χ2v) is 3.07. The number of carbonyl (C=O) groups is 1. The van der Waals surface area contributed by atoms with Gasteiger partial charge in [0.1, 0.15) is 5.82 Å². The van der Waals surface area contributed by atoms with Crippen LogP contribution in [0.2, 0.25) is 0 Å². The van der Waals surface area contributed by atoms with Crippen LogP contribution in [0.4, 0.5) is 15.8 Å². The molecule has 0 aliphatic rings. The number of anilines is 2. The molecule has 0 saturated heterocycles. The number of amides is 1. The fourth-order valence-corrected chi connectivity index (χ4v) is 1.24. The number of benzene rings is 1. The molecule has 0 aromatic heterocycles. The van der Waals surface area contributed by atoms with E-state index >= 15 is 0 Å². The second kappa shape index (κ2) is 4.09. The SMILES string of the molecule is CCc1cc(NC(C)=O)cc(F)c1N. The van der Waals surface area contributed by atoms with Gasteiger partial charge in [-0.15, -0.1) is 0 Å². The van der Waals surface area contributed by atoms with E-state index in [1.165, 1.54) is 13.0 Å². The van der Waals surface area contributed by atoms with Crippen molar-refractivity contribution in [2.24, 2.45) is 0 Å². The van der Waals surface area contributed by atoms with Gasteiger partial charge in [0.2, 0.25) is 5.91 Å². The van der Waals surface area contributed by atoms with E-state index in [4.69, 9.17) is 5.73 Å². The third kappa shape index (κ3) is 2.22. The lowest BCUT2D eigenvalue weighted by molar-refractivity contribution is -0.114. The van der Waals surface area contributed by atoms with E-state index in [0.717, 1.165) is 0 Å². The van der Waals surface area contributed by atoms with E-state index in [9.17, 15) is 9.18 Å². The lowest BCUT2D eigenvalue weighted by Crippen LogP contribution is -2.07. The molecule has 0 heterocycles. The average molecular weight is 196 g/mol. The molecule has 3 nitrogen and oxygen atoms in total. The molecule has 0 aliphatic carbocycles. The van der Waals surface area contributed by atoms with E-state index in [1.807, 2.05) is 6.92 Å². The van der Waals surface area contributed by atoms with Crippen molar-refractivity contribution in [1.29, 1.82) is 0 Å². The van der Waals surface area contributed by atoms with Crippen LogP contribution >= 0.6 is 0 Å². The van der Waals surface area contributed by atoms with Gasteiger partial charge in [0, 0.05) is 12.6 Å². The van der Waals surface area contributed by atoms with Crippen molar-refractivity contribution in [2.75, 3.05) is 11.1 Å². The van der Waals surface area contributed by atoms with Gasteiger partial charge in [-0.2, -0.15) is 0 Å². The summed E-state index contributed by atoms with van der Waals surface area (Å²) < 4.78 is 13.2. The van der Waals surface area contributed by atoms with E-state index in [1.54, 1.807) is 6.07 Å². The van der Waals surface area contributed by atoms with Crippen LogP contribution in [-0.4, -0.2) is 5.91 Å². The summed E-state index contributed by atoms with van der Waals surface area (Å²) >= 11 is 0. The van der Waals surface area contributed by atoms with E-state index in [0.29, 0.717) is 17.7 Å². The highest BCUT2D eigenvalue weighted by atomic mass is 19.1. The highest BCUT2D eigenvalue weighted by molar-refractivity contribution is 5.89. The second-order valence-electron chi connectivity index (χ2n) is 3.07. The summed E-state index contributed by atoms with van der Waals surface area (Å²) in [5.41, 5.74) is 6.81. The van der Waals surface area contributed by atoms with Gasteiger partial charge in [-0.05, 0) is 24.1 Å². The topological polar surface area (TPSA) is 55.1 Å². The summed E-state index contributed by atoms with van der Waals surface area (Å²) in [6, 6.07) is 2.90. The predicted octanol–water partition coefficient (Wildman–Crippen LogP) is 1.93. The maximum Gasteiger partial charge on any atom is 0.221 e. The quantitative estimate of drug-likeness (QED) is 0.710. The highest BCUT2D eigenvalue weighted by Crippen LogP contribution is 2.22. The van der Waals surface area contributed by atoms with Crippen molar-refractivity contribution >= 4 is 17.3 Å². The molecule has 0 bridgehead atoms. The summed E-state index contributed by atoms with van der Waals surface area (Å²) in [5, 5.41) is 2.51. The molecule has 4 heteroatoms. The number of hydrogen-bond donors (Lipinski definition) is 2. The highest BCUT2D eigenvalue weighted by Gasteiger charge is 2.06. The molecule has 76 valence electrons. The Balaban J connectivity index is 3.09. The zero-order valence-corrected chi connectivity index (χ0v) is 8.23. The van der Waals surface area contributed by atoms with Crippen LogP contribution in [-0.2, 0) is 11.2 Å². The van der Waals surface area contributed by atoms with Gasteiger partial charge in [-0.3, -0.25) is 4.79 Å². The van der Waals surface area contributed by atoms with Crippen LogP contribution in [0.1, 0.15) is 19.4 Å². The summed E-state index contributed by atoms with van der Waals surface area (Å²) in [4.78, 5) is 10.7. The number of nitrogens with two attached hydrogens (primary N) is 1. The summed E-state index contributed by atoms with van der Waals surface area (Å²) in [6.07, 6.45) is 0.635. The molecule has 0 radical (unpaired) electrons. The number of halogens is 1. The zero-order valence-electron chi connectivity index (χ0n) is 8.23. The molecule has 1 amide bonds. The molecule has 0 fully saturated rings. The Morgan fingerprint density at radius 1 is 1.57 bits per heavy atom. The Morgan fingerprint density at radius 2 is 2.21 bits per heavy atom. The summed E-state index contributed by atoms with van der Waals surface area (Å²) in [7, 11) is 0. The largest absolute Gasteiger partial charge is 0.396 e. The molecule has 0 atom stereocenters. The first-order valence-corrected chi connectivity index (χ1v) is 4.40. The predicted molar refractivity (Wildman–Crippen MR) is 54.5 cm³/mol. The minimum atomic E-state index is -0.492. The third-order valence-electron chi connectivity index (χ3n) is 1.92. The van der Waals surface area contributed by atoms with Crippen molar-refractivity contribution in [1.82, 2.24) is 0 Å². The van der Waals surface area contributed by atoms with Crippen LogP contribution in [0.25, 0.3) is 0 Å². The minimum Gasteiger partial charge on any atom is -0.396 e. The lowest BCUT2D eigenvalue weighted by atomic mass is 10.1. The van der Waals surface area contributed by atoms with Crippen LogP contribution in [0.5, 0.6) is 0 Å². The molecule has 0 spiro atoms. The number of nitrogens with one attached hydrogen (secondary N) is 1. The fraction of sp³-hybridized carbons (Fsp3) is 0.300. The van der Waals surface area contributed by atoms with E-state index < -0.39 is 5.82 Å². The molecule has 0 unspecified atom stereocenters. The van der Waals surface area contributed by atoms with Crippen LogP contribution in [0.15, 0.2) is 12.1 Å². The Bertz CT molecular complexity index is 363. The first-order chi connectivity index (χ1) is 6.54. The first-order valence-electron chi connectivity index (χ1n) is 4.40. The number of carbonyl (C=O) groups excluding carboxylic acids is 1. The third-order valence-corrected chi connectivity index (χ3v) is 1.92.